The number of ether oxygens (including phenoxy) is 2. The quantitative estimate of drug-likeness (QED) is 0.392. The molecule has 0 bridgehead atoms. The van der Waals surface area contributed by atoms with Crippen molar-refractivity contribution >= 4 is 41.1 Å². The second-order valence-electron chi connectivity index (χ2n) is 6.35. The molecule has 0 saturated heterocycles. The molecule has 1 heterocycles. The highest BCUT2D eigenvalue weighted by molar-refractivity contribution is 6.36. The van der Waals surface area contributed by atoms with Crippen molar-refractivity contribution in [2.45, 2.75) is 20.1 Å². The SMILES string of the molecule is Cc1c(Cl)ccc(COc2cc(OCc3cncc(C#N)c3)c(C=O)cc2Cl)c1Cl. The maximum Gasteiger partial charge on any atom is 0.153 e. The minimum Gasteiger partial charge on any atom is -0.488 e. The molecule has 3 aromatic rings. The fourth-order valence-electron chi connectivity index (χ4n) is 2.65. The highest BCUT2D eigenvalue weighted by Crippen LogP contribution is 2.34. The molecule has 8 heteroatoms. The standard InChI is InChI=1S/C22H15Cl3N2O3/c1-13-18(23)3-2-16(22(13)25)12-30-21-6-20(17(10-28)5-19(21)24)29-11-15-4-14(7-26)8-27-9-15/h2-6,8-10H,11-12H2,1H3. The number of halogens is 3. The second-order valence-corrected chi connectivity index (χ2v) is 7.55. The van der Waals surface area contributed by atoms with E-state index < -0.39 is 0 Å². The first-order valence-corrected chi connectivity index (χ1v) is 9.88. The Morgan fingerprint density at radius 3 is 2.53 bits per heavy atom. The lowest BCUT2D eigenvalue weighted by Gasteiger charge is -2.14. The van der Waals surface area contributed by atoms with E-state index in [1.807, 2.05) is 13.0 Å². The fourth-order valence-corrected chi connectivity index (χ4v) is 3.30. The van der Waals surface area contributed by atoms with Crippen LogP contribution in [-0.4, -0.2) is 11.3 Å². The molecule has 0 saturated carbocycles. The molecule has 0 unspecified atom stereocenters. The normalized spacial score (nSPS) is 10.4. The van der Waals surface area contributed by atoms with Crippen LogP contribution in [0.5, 0.6) is 11.5 Å². The summed E-state index contributed by atoms with van der Waals surface area (Å²) >= 11 is 18.7. The van der Waals surface area contributed by atoms with Crippen molar-refractivity contribution in [2.75, 3.05) is 0 Å². The Kier molecular flexibility index (Phi) is 7.17. The summed E-state index contributed by atoms with van der Waals surface area (Å²) in [5, 5.41) is 10.3. The number of pyridine rings is 1. The number of hydrogen-bond acceptors (Lipinski definition) is 5. The lowest BCUT2D eigenvalue weighted by atomic mass is 10.1. The van der Waals surface area contributed by atoms with Gasteiger partial charge in [0.2, 0.25) is 0 Å². The van der Waals surface area contributed by atoms with Crippen LogP contribution in [0.3, 0.4) is 0 Å². The van der Waals surface area contributed by atoms with E-state index in [9.17, 15) is 4.79 Å². The molecule has 30 heavy (non-hydrogen) atoms. The van der Waals surface area contributed by atoms with Crippen molar-refractivity contribution in [2.24, 2.45) is 0 Å². The third kappa shape index (κ3) is 5.03. The average Bonchev–Trinajstić information content (AvgIpc) is 2.76. The van der Waals surface area contributed by atoms with Gasteiger partial charge in [-0.05, 0) is 30.7 Å². The van der Waals surface area contributed by atoms with Crippen LogP contribution in [0.2, 0.25) is 15.1 Å². The van der Waals surface area contributed by atoms with Crippen molar-refractivity contribution in [3.8, 4) is 17.6 Å². The Morgan fingerprint density at radius 2 is 1.80 bits per heavy atom. The minimum absolute atomic E-state index is 0.118. The second kappa shape index (κ2) is 9.82. The molecule has 0 amide bonds. The van der Waals surface area contributed by atoms with Crippen LogP contribution in [0.15, 0.2) is 42.7 Å². The van der Waals surface area contributed by atoms with E-state index in [1.165, 1.54) is 12.3 Å². The molecule has 0 N–H and O–H groups in total. The van der Waals surface area contributed by atoms with E-state index in [2.05, 4.69) is 4.98 Å². The predicted molar refractivity (Wildman–Crippen MR) is 116 cm³/mol. The van der Waals surface area contributed by atoms with Crippen molar-refractivity contribution in [1.82, 2.24) is 4.98 Å². The molecule has 1 aromatic heterocycles. The van der Waals surface area contributed by atoms with Crippen LogP contribution >= 0.6 is 34.8 Å². The summed E-state index contributed by atoms with van der Waals surface area (Å²) in [6, 6.07) is 10.2. The number of nitrogens with zero attached hydrogens (tertiary/aromatic N) is 2. The number of carbonyl (C=O) groups excluding carboxylic acids is 1. The predicted octanol–water partition coefficient (Wildman–Crippen LogP) is 6.19. The van der Waals surface area contributed by atoms with Crippen molar-refractivity contribution in [3.63, 3.8) is 0 Å². The van der Waals surface area contributed by atoms with Gasteiger partial charge in [0.1, 0.15) is 30.8 Å². The Morgan fingerprint density at radius 1 is 1.03 bits per heavy atom. The van der Waals surface area contributed by atoms with Gasteiger partial charge < -0.3 is 9.47 Å². The summed E-state index contributed by atoms with van der Waals surface area (Å²) in [5.41, 5.74) is 2.89. The van der Waals surface area contributed by atoms with E-state index in [0.29, 0.717) is 39.0 Å². The average molecular weight is 462 g/mol. The largest absolute Gasteiger partial charge is 0.488 e. The van der Waals surface area contributed by atoms with Gasteiger partial charge in [0.15, 0.2) is 6.29 Å². The van der Waals surface area contributed by atoms with Crippen molar-refractivity contribution < 1.29 is 14.3 Å². The summed E-state index contributed by atoms with van der Waals surface area (Å²) in [5.74, 6) is 0.634. The molecular formula is C22H15Cl3N2O3. The molecule has 2 aromatic carbocycles. The topological polar surface area (TPSA) is 72.2 Å². The summed E-state index contributed by atoms with van der Waals surface area (Å²) in [7, 11) is 0. The van der Waals surface area contributed by atoms with Crippen LogP contribution < -0.4 is 9.47 Å². The molecule has 0 aliphatic heterocycles. The van der Waals surface area contributed by atoms with Gasteiger partial charge >= 0.3 is 0 Å². The molecule has 0 aliphatic carbocycles. The van der Waals surface area contributed by atoms with Gasteiger partial charge in [0, 0.05) is 34.6 Å². The maximum atomic E-state index is 11.4. The summed E-state index contributed by atoms with van der Waals surface area (Å²) in [6.45, 7) is 2.10. The molecule has 0 fully saturated rings. The van der Waals surface area contributed by atoms with Crippen LogP contribution in [0.1, 0.15) is 32.6 Å². The highest BCUT2D eigenvalue weighted by atomic mass is 35.5. The first-order chi connectivity index (χ1) is 14.4. The van der Waals surface area contributed by atoms with E-state index in [4.69, 9.17) is 49.5 Å². The first kappa shape index (κ1) is 21.9. The molecule has 0 radical (unpaired) electrons. The third-order valence-corrected chi connectivity index (χ3v) is 5.52. The zero-order valence-electron chi connectivity index (χ0n) is 15.8. The highest BCUT2D eigenvalue weighted by Gasteiger charge is 2.13. The number of carbonyl (C=O) groups is 1. The van der Waals surface area contributed by atoms with Gasteiger partial charge in [-0.1, -0.05) is 40.9 Å². The summed E-state index contributed by atoms with van der Waals surface area (Å²) in [6.07, 6.45) is 3.69. The van der Waals surface area contributed by atoms with E-state index in [0.717, 1.165) is 11.1 Å². The molecule has 5 nitrogen and oxygen atoms in total. The molecule has 152 valence electrons. The van der Waals surface area contributed by atoms with Crippen molar-refractivity contribution in [3.05, 3.63) is 85.6 Å². The van der Waals surface area contributed by atoms with E-state index in [1.54, 1.807) is 30.5 Å². The lowest BCUT2D eigenvalue weighted by Crippen LogP contribution is -2.02. The van der Waals surface area contributed by atoms with Gasteiger partial charge in [0.25, 0.3) is 0 Å². The van der Waals surface area contributed by atoms with Gasteiger partial charge in [-0.2, -0.15) is 5.26 Å². The van der Waals surface area contributed by atoms with Gasteiger partial charge in [0.05, 0.1) is 21.2 Å². The number of hydrogen-bond donors (Lipinski definition) is 0. The van der Waals surface area contributed by atoms with Crippen LogP contribution in [0.25, 0.3) is 0 Å². The Balaban J connectivity index is 1.80. The molecular weight excluding hydrogens is 447 g/mol. The van der Waals surface area contributed by atoms with Crippen LogP contribution in [0, 0.1) is 18.3 Å². The Bertz CT molecular complexity index is 1140. The number of aromatic nitrogens is 1. The smallest absolute Gasteiger partial charge is 0.153 e. The number of benzene rings is 2. The number of aldehydes is 1. The zero-order chi connectivity index (χ0) is 21.7. The van der Waals surface area contributed by atoms with Gasteiger partial charge in [-0.15, -0.1) is 0 Å². The van der Waals surface area contributed by atoms with E-state index in [-0.39, 0.29) is 23.8 Å². The van der Waals surface area contributed by atoms with Gasteiger partial charge in [-0.3, -0.25) is 9.78 Å². The lowest BCUT2D eigenvalue weighted by molar-refractivity contribution is 0.111. The Labute approximate surface area is 188 Å². The Hall–Kier alpha value is -2.78. The summed E-state index contributed by atoms with van der Waals surface area (Å²) < 4.78 is 11.6. The van der Waals surface area contributed by atoms with Gasteiger partial charge in [-0.25, -0.2) is 0 Å². The molecule has 3 rings (SSSR count). The minimum atomic E-state index is 0.118. The van der Waals surface area contributed by atoms with E-state index >= 15 is 0 Å². The third-order valence-electron chi connectivity index (χ3n) is 4.29. The number of rotatable bonds is 7. The number of nitriles is 1. The first-order valence-electron chi connectivity index (χ1n) is 8.74. The monoisotopic (exact) mass is 460 g/mol. The molecule has 0 atom stereocenters. The summed E-state index contributed by atoms with van der Waals surface area (Å²) in [4.78, 5) is 15.4. The zero-order valence-corrected chi connectivity index (χ0v) is 18.1. The molecule has 0 aliphatic rings. The fraction of sp³-hybridized carbons (Fsp3) is 0.136. The maximum absolute atomic E-state index is 11.4. The van der Waals surface area contributed by atoms with Crippen LogP contribution in [-0.2, 0) is 13.2 Å². The molecule has 0 spiro atoms. The van der Waals surface area contributed by atoms with Crippen molar-refractivity contribution in [1.29, 1.82) is 5.26 Å². The van der Waals surface area contributed by atoms with Crippen LogP contribution in [0.4, 0.5) is 0 Å².